The number of carbonyl (C=O) groups excluding carboxylic acids is 3. The third-order valence-corrected chi connectivity index (χ3v) is 4.66. The van der Waals surface area contributed by atoms with Crippen LogP contribution in [-0.4, -0.2) is 37.7 Å². The average Bonchev–Trinajstić information content (AvgIpc) is 2.71. The molecule has 0 aromatic heterocycles. The normalized spacial score (nSPS) is 18.2. The van der Waals surface area contributed by atoms with Gasteiger partial charge in [-0.2, -0.15) is 0 Å². The minimum atomic E-state index is -0.991. The predicted molar refractivity (Wildman–Crippen MR) is 100 cm³/mol. The molecule has 0 unspecified atom stereocenters. The summed E-state index contributed by atoms with van der Waals surface area (Å²) in [6.07, 6.45) is 16.5. The average molecular weight is 445 g/mol. The molecule has 0 aliphatic heterocycles. The zero-order valence-electron chi connectivity index (χ0n) is 16.2. The maximum absolute atomic E-state index is 10.2. The van der Waals surface area contributed by atoms with Crippen LogP contribution in [0, 0.1) is 0 Å². The third-order valence-electron chi connectivity index (χ3n) is 4.66. The van der Waals surface area contributed by atoms with Crippen molar-refractivity contribution >= 4 is 37.7 Å². The summed E-state index contributed by atoms with van der Waals surface area (Å²) in [7, 11) is 0. The van der Waals surface area contributed by atoms with Gasteiger partial charge < -0.3 is 29.7 Å². The molecule has 0 amide bonds. The van der Waals surface area contributed by atoms with Gasteiger partial charge in [-0.15, -0.1) is 0 Å². The van der Waals surface area contributed by atoms with Crippen molar-refractivity contribution in [1.29, 1.82) is 0 Å². The first-order valence-electron chi connectivity index (χ1n) is 9.63. The Bertz CT molecular complexity index is 533. The third kappa shape index (κ3) is 11.2. The zero-order valence-corrected chi connectivity index (χ0v) is 18.7. The van der Waals surface area contributed by atoms with Crippen LogP contribution in [0.5, 0.6) is 0 Å². The molecule has 0 fully saturated rings. The van der Waals surface area contributed by atoms with Gasteiger partial charge >= 0.3 is 19.8 Å². The summed E-state index contributed by atoms with van der Waals surface area (Å²) in [5.74, 6) is -2.97. The summed E-state index contributed by atoms with van der Waals surface area (Å²) >= 11 is 0. The summed E-state index contributed by atoms with van der Waals surface area (Å²) in [5.41, 5.74) is 1.46. The Morgan fingerprint density at radius 1 is 0.536 bits per heavy atom. The maximum atomic E-state index is 10.2. The second-order valence-corrected chi connectivity index (χ2v) is 6.79. The van der Waals surface area contributed by atoms with Crippen LogP contribution in [-0.2, 0) is 14.4 Å². The van der Waals surface area contributed by atoms with Crippen molar-refractivity contribution in [3.63, 3.8) is 0 Å². The van der Waals surface area contributed by atoms with Gasteiger partial charge in [-0.25, -0.2) is 0 Å². The van der Waals surface area contributed by atoms with Gasteiger partial charge in [-0.1, -0.05) is 18.2 Å². The first kappa shape index (κ1) is 26.3. The van der Waals surface area contributed by atoms with Crippen molar-refractivity contribution in [3.05, 3.63) is 34.9 Å². The van der Waals surface area contributed by atoms with E-state index in [4.69, 9.17) is 0 Å². The van der Waals surface area contributed by atoms with Gasteiger partial charge in [0.05, 0.1) is 17.9 Å². The van der Waals surface area contributed by atoms with E-state index in [0.717, 1.165) is 57.8 Å². The Morgan fingerprint density at radius 2 is 0.786 bits per heavy atom. The molecule has 0 aromatic rings. The minimum absolute atomic E-state index is 0. The molecule has 0 spiro atoms. The SMILES string of the molecule is O=C([O-])C1=CCCCC1.O=C([O-])C1=CCCCC1.O=C([O-])C1=CCCCC1.[Ga+3]. The van der Waals surface area contributed by atoms with E-state index in [1.54, 1.807) is 18.2 Å². The van der Waals surface area contributed by atoms with Crippen molar-refractivity contribution in [1.82, 2.24) is 0 Å². The van der Waals surface area contributed by atoms with E-state index in [0.29, 0.717) is 36.0 Å². The van der Waals surface area contributed by atoms with E-state index in [2.05, 4.69) is 0 Å². The van der Waals surface area contributed by atoms with Crippen LogP contribution in [0.4, 0.5) is 0 Å². The van der Waals surface area contributed by atoms with Gasteiger partial charge in [-0.3, -0.25) is 0 Å². The van der Waals surface area contributed by atoms with Crippen LogP contribution in [0.3, 0.4) is 0 Å². The van der Waals surface area contributed by atoms with Gasteiger partial charge in [0.15, 0.2) is 0 Å². The molecule has 0 saturated heterocycles. The first-order chi connectivity index (χ1) is 12.9. The van der Waals surface area contributed by atoms with Crippen LogP contribution in [0.25, 0.3) is 0 Å². The fourth-order valence-corrected chi connectivity index (χ4v) is 3.07. The molecule has 0 saturated carbocycles. The number of aliphatic carboxylic acids is 3. The van der Waals surface area contributed by atoms with Gasteiger partial charge in [0, 0.05) is 0 Å². The Morgan fingerprint density at radius 3 is 0.893 bits per heavy atom. The van der Waals surface area contributed by atoms with E-state index in [1.807, 2.05) is 0 Å². The number of rotatable bonds is 3. The van der Waals surface area contributed by atoms with Gasteiger partial charge in [0.25, 0.3) is 0 Å². The Hall–Kier alpha value is -1.73. The molecule has 3 rings (SSSR count). The molecular formula is C21H27GaO6. The quantitative estimate of drug-likeness (QED) is 0.578. The second kappa shape index (κ2) is 15.2. The first-order valence-corrected chi connectivity index (χ1v) is 9.63. The van der Waals surface area contributed by atoms with Gasteiger partial charge in [0.1, 0.15) is 0 Å². The van der Waals surface area contributed by atoms with Crippen LogP contribution in [0.2, 0.25) is 0 Å². The van der Waals surface area contributed by atoms with Crippen molar-refractivity contribution in [2.24, 2.45) is 0 Å². The molecule has 0 atom stereocenters. The van der Waals surface area contributed by atoms with Gasteiger partial charge in [0.2, 0.25) is 0 Å². The van der Waals surface area contributed by atoms with Gasteiger partial charge in [-0.05, 0) is 93.8 Å². The number of carboxylic acids is 3. The number of carboxylic acid groups (broad SMARTS) is 3. The minimum Gasteiger partial charge on any atom is -0.545 e. The summed E-state index contributed by atoms with van der Waals surface area (Å²) in [6.45, 7) is 0. The van der Waals surface area contributed by atoms with E-state index in [1.165, 1.54) is 0 Å². The van der Waals surface area contributed by atoms with Crippen molar-refractivity contribution in [2.45, 2.75) is 77.0 Å². The van der Waals surface area contributed by atoms with Crippen LogP contribution < -0.4 is 15.3 Å². The molecule has 0 heterocycles. The fraction of sp³-hybridized carbons (Fsp3) is 0.571. The molecule has 0 radical (unpaired) electrons. The van der Waals surface area contributed by atoms with E-state index in [9.17, 15) is 29.7 Å². The largest absolute Gasteiger partial charge is 3.00 e. The number of carbonyl (C=O) groups is 3. The molecule has 3 aliphatic rings. The summed E-state index contributed by atoms with van der Waals surface area (Å²) in [4.78, 5) is 30.5. The van der Waals surface area contributed by atoms with Crippen molar-refractivity contribution in [2.75, 3.05) is 0 Å². The van der Waals surface area contributed by atoms with Crippen LogP contribution in [0.15, 0.2) is 34.9 Å². The van der Waals surface area contributed by atoms with E-state index < -0.39 is 17.9 Å². The molecule has 7 heteroatoms. The topological polar surface area (TPSA) is 120 Å². The summed E-state index contributed by atoms with van der Waals surface area (Å²) in [5, 5.41) is 30.5. The summed E-state index contributed by atoms with van der Waals surface area (Å²) < 4.78 is 0. The van der Waals surface area contributed by atoms with Crippen molar-refractivity contribution in [3.8, 4) is 0 Å². The Balaban J connectivity index is 0.000000384. The molecule has 28 heavy (non-hydrogen) atoms. The monoisotopic (exact) mass is 444 g/mol. The predicted octanol–water partition coefficient (Wildman–Crippen LogP) is 0.329. The molecule has 0 aromatic carbocycles. The molecule has 150 valence electrons. The number of hydrogen-bond donors (Lipinski definition) is 0. The Labute approximate surface area is 179 Å². The molecule has 0 N–H and O–H groups in total. The van der Waals surface area contributed by atoms with Crippen molar-refractivity contribution < 1.29 is 29.7 Å². The molecule has 0 bridgehead atoms. The maximum Gasteiger partial charge on any atom is 3.00 e. The van der Waals surface area contributed by atoms with Crippen LogP contribution >= 0.6 is 0 Å². The van der Waals surface area contributed by atoms with E-state index in [-0.39, 0.29) is 19.8 Å². The molecule has 6 nitrogen and oxygen atoms in total. The number of hydrogen-bond acceptors (Lipinski definition) is 6. The second-order valence-electron chi connectivity index (χ2n) is 6.79. The molecule has 3 aliphatic carbocycles. The molecular weight excluding hydrogens is 418 g/mol. The number of allylic oxidation sites excluding steroid dienone is 3. The van der Waals surface area contributed by atoms with E-state index >= 15 is 0 Å². The van der Waals surface area contributed by atoms with Crippen LogP contribution in [0.1, 0.15) is 77.0 Å². The summed E-state index contributed by atoms with van der Waals surface area (Å²) in [6, 6.07) is 0. The fourth-order valence-electron chi connectivity index (χ4n) is 3.07. The zero-order chi connectivity index (χ0) is 20.1. The smallest absolute Gasteiger partial charge is 0.545 e. The standard InChI is InChI=1S/3C7H10O2.Ga/c3*8-7(9)6-4-2-1-3-5-6;/h3*4H,1-3,5H2,(H,8,9);/q;;;+3/p-3. The Kier molecular flexibility index (Phi) is 14.3.